The highest BCUT2D eigenvalue weighted by molar-refractivity contribution is 8.00. The molecule has 0 aliphatic heterocycles. The van der Waals surface area contributed by atoms with Gasteiger partial charge in [-0.3, -0.25) is 4.79 Å². The van der Waals surface area contributed by atoms with Crippen molar-refractivity contribution in [1.29, 1.82) is 0 Å². The highest BCUT2D eigenvalue weighted by atomic mass is 32.2. The van der Waals surface area contributed by atoms with Crippen LogP contribution in [-0.4, -0.2) is 17.9 Å². The second kappa shape index (κ2) is 7.43. The molecule has 5 heteroatoms. The summed E-state index contributed by atoms with van der Waals surface area (Å²) in [6.45, 7) is 1.97. The number of nitrogen functional groups attached to an aromatic ring is 1. The summed E-state index contributed by atoms with van der Waals surface area (Å²) in [6.07, 6.45) is 2.00. The molecular weight excluding hydrogens is 300 g/mol. The van der Waals surface area contributed by atoms with Crippen molar-refractivity contribution in [2.24, 2.45) is 0 Å². The molecule has 0 saturated heterocycles. The normalized spacial score (nSPS) is 10.4. The molecule has 21 heavy (non-hydrogen) atoms. The van der Waals surface area contributed by atoms with Gasteiger partial charge in [0.05, 0.1) is 11.4 Å². The fraction of sp³-hybridized carbons (Fsp3) is 0.188. The summed E-state index contributed by atoms with van der Waals surface area (Å²) in [6, 6.07) is 13.6. The Morgan fingerprint density at radius 3 is 2.71 bits per heavy atom. The highest BCUT2D eigenvalue weighted by Crippen LogP contribution is 2.26. The smallest absolute Gasteiger partial charge is 0.234 e. The largest absolute Gasteiger partial charge is 0.399 e. The summed E-state index contributed by atoms with van der Waals surface area (Å²) >= 11 is 3.13. The van der Waals surface area contributed by atoms with Crippen LogP contribution >= 0.6 is 23.5 Å². The Bertz CT molecular complexity index is 644. The number of carbonyl (C=O) groups is 1. The van der Waals surface area contributed by atoms with Crippen LogP contribution in [0.3, 0.4) is 0 Å². The maximum atomic E-state index is 12.0. The van der Waals surface area contributed by atoms with Gasteiger partial charge in [-0.2, -0.15) is 0 Å². The number of thioether (sulfide) groups is 2. The minimum atomic E-state index is -0.00372. The molecule has 0 aromatic heterocycles. The monoisotopic (exact) mass is 318 g/mol. The predicted molar refractivity (Wildman–Crippen MR) is 93.2 cm³/mol. The van der Waals surface area contributed by atoms with E-state index in [0.29, 0.717) is 5.75 Å². The third-order valence-electron chi connectivity index (χ3n) is 2.99. The van der Waals surface area contributed by atoms with Gasteiger partial charge in [-0.25, -0.2) is 0 Å². The number of aryl methyl sites for hydroxylation is 1. The zero-order chi connectivity index (χ0) is 15.2. The van der Waals surface area contributed by atoms with Crippen LogP contribution < -0.4 is 11.1 Å². The lowest BCUT2D eigenvalue weighted by atomic mass is 10.2. The molecule has 2 aromatic rings. The van der Waals surface area contributed by atoms with Gasteiger partial charge < -0.3 is 11.1 Å². The fourth-order valence-electron chi connectivity index (χ4n) is 1.82. The number of benzene rings is 2. The van der Waals surface area contributed by atoms with Gasteiger partial charge in [0.25, 0.3) is 0 Å². The Morgan fingerprint density at radius 1 is 1.24 bits per heavy atom. The third-order valence-corrected chi connectivity index (χ3v) is 4.78. The van der Waals surface area contributed by atoms with Gasteiger partial charge in [0.15, 0.2) is 0 Å². The minimum Gasteiger partial charge on any atom is -0.399 e. The zero-order valence-corrected chi connectivity index (χ0v) is 13.7. The van der Waals surface area contributed by atoms with Crippen molar-refractivity contribution in [3.8, 4) is 0 Å². The summed E-state index contributed by atoms with van der Waals surface area (Å²) in [5.41, 5.74) is 8.46. The molecule has 2 rings (SSSR count). The molecule has 0 bridgehead atoms. The molecule has 0 fully saturated rings. The van der Waals surface area contributed by atoms with Gasteiger partial charge in [0, 0.05) is 15.5 Å². The molecule has 3 nitrogen and oxygen atoms in total. The predicted octanol–water partition coefficient (Wildman–Crippen LogP) is 4.03. The summed E-state index contributed by atoms with van der Waals surface area (Å²) in [4.78, 5) is 14.2. The van der Waals surface area contributed by atoms with Crippen LogP contribution in [0.5, 0.6) is 0 Å². The summed E-state index contributed by atoms with van der Waals surface area (Å²) in [5.74, 6) is 0.377. The first-order chi connectivity index (χ1) is 10.1. The Morgan fingerprint density at radius 2 is 2.00 bits per heavy atom. The third kappa shape index (κ3) is 4.44. The van der Waals surface area contributed by atoms with E-state index in [2.05, 4.69) is 5.32 Å². The number of hydrogen-bond acceptors (Lipinski definition) is 4. The summed E-state index contributed by atoms with van der Waals surface area (Å²) in [5, 5.41) is 2.95. The number of nitrogens with two attached hydrogens (primary N) is 1. The van der Waals surface area contributed by atoms with Crippen LogP contribution in [0.25, 0.3) is 0 Å². The molecule has 0 unspecified atom stereocenters. The molecule has 0 saturated carbocycles. The number of nitrogens with one attached hydrogen (secondary N) is 1. The average Bonchev–Trinajstić information content (AvgIpc) is 2.49. The Balaban J connectivity index is 1.94. The van der Waals surface area contributed by atoms with Gasteiger partial charge >= 0.3 is 0 Å². The quantitative estimate of drug-likeness (QED) is 0.645. The maximum absolute atomic E-state index is 12.0. The van der Waals surface area contributed by atoms with E-state index < -0.39 is 0 Å². The standard InChI is InChI=1S/C16H18N2OS2/c1-11-9-12(7-8-13(11)17)21-10-16(19)18-14-5-3-4-6-15(14)20-2/h3-9H,10,17H2,1-2H3,(H,18,19). The van der Waals surface area contributed by atoms with E-state index >= 15 is 0 Å². The van der Waals surface area contributed by atoms with Gasteiger partial charge in [0.1, 0.15) is 0 Å². The van der Waals surface area contributed by atoms with Crippen LogP contribution in [0, 0.1) is 6.92 Å². The Hall–Kier alpha value is -1.59. The molecule has 0 aliphatic carbocycles. The van der Waals surface area contributed by atoms with Crippen molar-refractivity contribution >= 4 is 40.8 Å². The van der Waals surface area contributed by atoms with Crippen molar-refractivity contribution in [3.05, 3.63) is 48.0 Å². The minimum absolute atomic E-state index is 0.00372. The average molecular weight is 318 g/mol. The van der Waals surface area contributed by atoms with Crippen LogP contribution in [-0.2, 0) is 4.79 Å². The summed E-state index contributed by atoms with van der Waals surface area (Å²) in [7, 11) is 0. The molecule has 0 atom stereocenters. The van der Waals surface area contributed by atoms with E-state index in [1.54, 1.807) is 11.8 Å². The van der Waals surface area contributed by atoms with Crippen molar-refractivity contribution in [1.82, 2.24) is 0 Å². The number of amides is 1. The number of carbonyl (C=O) groups excluding carboxylic acids is 1. The van der Waals surface area contributed by atoms with Crippen LogP contribution in [0.4, 0.5) is 11.4 Å². The van der Waals surface area contributed by atoms with Gasteiger partial charge in [-0.15, -0.1) is 23.5 Å². The van der Waals surface area contributed by atoms with E-state index in [0.717, 1.165) is 26.7 Å². The first-order valence-electron chi connectivity index (χ1n) is 6.52. The number of rotatable bonds is 5. The van der Waals surface area contributed by atoms with E-state index in [-0.39, 0.29) is 5.91 Å². The lowest BCUT2D eigenvalue weighted by Gasteiger charge is -2.09. The van der Waals surface area contributed by atoms with Crippen LogP contribution in [0.2, 0.25) is 0 Å². The van der Waals surface area contributed by atoms with E-state index in [1.807, 2.05) is 55.6 Å². The molecule has 0 aliphatic rings. The van der Waals surface area contributed by atoms with Crippen LogP contribution in [0.1, 0.15) is 5.56 Å². The number of anilines is 2. The number of hydrogen-bond donors (Lipinski definition) is 2. The van der Waals surface area contributed by atoms with Crippen molar-refractivity contribution in [2.45, 2.75) is 16.7 Å². The molecule has 3 N–H and O–H groups in total. The first kappa shape index (κ1) is 15.8. The molecule has 110 valence electrons. The molecule has 0 spiro atoms. The molecule has 1 amide bonds. The summed E-state index contributed by atoms with van der Waals surface area (Å²) < 4.78 is 0. The fourth-order valence-corrected chi connectivity index (χ4v) is 3.17. The van der Waals surface area contributed by atoms with Crippen molar-refractivity contribution in [3.63, 3.8) is 0 Å². The molecule has 2 aromatic carbocycles. The second-order valence-corrected chi connectivity index (χ2v) is 6.45. The lowest BCUT2D eigenvalue weighted by molar-refractivity contribution is -0.113. The topological polar surface area (TPSA) is 55.1 Å². The van der Waals surface area contributed by atoms with E-state index in [4.69, 9.17) is 5.73 Å². The number of para-hydroxylation sites is 1. The van der Waals surface area contributed by atoms with Gasteiger partial charge in [-0.05, 0) is 49.1 Å². The Labute approximate surface area is 133 Å². The van der Waals surface area contributed by atoms with Crippen molar-refractivity contribution < 1.29 is 4.79 Å². The first-order valence-corrected chi connectivity index (χ1v) is 8.73. The SMILES string of the molecule is CSc1ccccc1NC(=O)CSc1ccc(N)c(C)c1. The maximum Gasteiger partial charge on any atom is 0.234 e. The Kier molecular flexibility index (Phi) is 5.59. The zero-order valence-electron chi connectivity index (χ0n) is 12.1. The second-order valence-electron chi connectivity index (χ2n) is 4.56. The lowest BCUT2D eigenvalue weighted by Crippen LogP contribution is -2.14. The van der Waals surface area contributed by atoms with Crippen LogP contribution in [0.15, 0.2) is 52.3 Å². The molecule has 0 heterocycles. The highest BCUT2D eigenvalue weighted by Gasteiger charge is 2.07. The van der Waals surface area contributed by atoms with E-state index in [1.165, 1.54) is 11.8 Å². The van der Waals surface area contributed by atoms with Crippen molar-refractivity contribution in [2.75, 3.05) is 23.1 Å². The molecule has 0 radical (unpaired) electrons. The van der Waals surface area contributed by atoms with E-state index in [9.17, 15) is 4.79 Å². The van der Waals surface area contributed by atoms with Gasteiger partial charge in [-0.1, -0.05) is 12.1 Å². The molecular formula is C16H18N2OS2. The van der Waals surface area contributed by atoms with Gasteiger partial charge in [0.2, 0.25) is 5.91 Å².